The fraction of sp³-hybridized carbons (Fsp3) is 0.174. The van der Waals surface area contributed by atoms with Crippen molar-refractivity contribution in [2.24, 2.45) is 0 Å². The van der Waals surface area contributed by atoms with Crippen LogP contribution in [0.3, 0.4) is 0 Å². The van der Waals surface area contributed by atoms with Crippen molar-refractivity contribution < 1.29 is 4.79 Å². The Balaban J connectivity index is 1.83. The number of benzene rings is 3. The van der Waals surface area contributed by atoms with Gasteiger partial charge in [0.15, 0.2) is 5.78 Å². The Morgan fingerprint density at radius 3 is 2.69 bits per heavy atom. The summed E-state index contributed by atoms with van der Waals surface area (Å²) in [6.45, 7) is 4.32. The number of nitrogens with one attached hydrogen (secondary N) is 1. The standard InChI is InChI=1S/C23H20BrNO/c1-23(2)14-16-10-11-17(24)12-20(16)21(25-23)13-22(26)19-9-5-7-15-6-3-4-8-18(15)19/h3-13,25H,14H2,1-2H3/b21-13-. The zero-order valence-corrected chi connectivity index (χ0v) is 16.4. The molecule has 3 heteroatoms. The van der Waals surface area contributed by atoms with E-state index >= 15 is 0 Å². The highest BCUT2D eigenvalue weighted by Gasteiger charge is 2.28. The number of hydrogen-bond acceptors (Lipinski definition) is 2. The number of hydrogen-bond donors (Lipinski definition) is 1. The summed E-state index contributed by atoms with van der Waals surface area (Å²) in [6, 6.07) is 20.2. The highest BCUT2D eigenvalue weighted by atomic mass is 79.9. The Morgan fingerprint density at radius 2 is 1.85 bits per heavy atom. The van der Waals surface area contributed by atoms with Crippen LogP contribution >= 0.6 is 15.9 Å². The molecule has 130 valence electrons. The molecule has 0 radical (unpaired) electrons. The van der Waals surface area contributed by atoms with E-state index in [1.807, 2.05) is 42.5 Å². The second-order valence-corrected chi connectivity index (χ2v) is 8.35. The maximum Gasteiger partial charge on any atom is 0.188 e. The third-order valence-corrected chi connectivity index (χ3v) is 5.29. The van der Waals surface area contributed by atoms with Crippen molar-refractivity contribution in [1.29, 1.82) is 0 Å². The van der Waals surface area contributed by atoms with Crippen LogP contribution in [0.25, 0.3) is 16.5 Å². The number of allylic oxidation sites excluding steroid dienone is 1. The van der Waals surface area contributed by atoms with Gasteiger partial charge in [-0.05, 0) is 48.7 Å². The number of ketones is 1. The highest BCUT2D eigenvalue weighted by molar-refractivity contribution is 9.10. The van der Waals surface area contributed by atoms with Gasteiger partial charge in [0, 0.05) is 32.9 Å². The van der Waals surface area contributed by atoms with Crippen molar-refractivity contribution >= 4 is 38.2 Å². The Labute approximate surface area is 162 Å². The van der Waals surface area contributed by atoms with Crippen molar-refractivity contribution in [1.82, 2.24) is 5.32 Å². The summed E-state index contributed by atoms with van der Waals surface area (Å²) in [6.07, 6.45) is 2.67. The van der Waals surface area contributed by atoms with Gasteiger partial charge >= 0.3 is 0 Å². The zero-order valence-electron chi connectivity index (χ0n) is 14.8. The molecule has 0 fully saturated rings. The molecule has 2 nitrogen and oxygen atoms in total. The molecule has 0 amide bonds. The van der Waals surface area contributed by atoms with Crippen molar-refractivity contribution in [3.8, 4) is 0 Å². The Morgan fingerprint density at radius 1 is 1.08 bits per heavy atom. The van der Waals surface area contributed by atoms with Gasteiger partial charge in [0.2, 0.25) is 0 Å². The van der Waals surface area contributed by atoms with Crippen LogP contribution in [-0.2, 0) is 6.42 Å². The fourth-order valence-corrected chi connectivity index (χ4v) is 4.03. The lowest BCUT2D eigenvalue weighted by atomic mass is 9.85. The van der Waals surface area contributed by atoms with Crippen LogP contribution in [0, 0.1) is 0 Å². The summed E-state index contributed by atoms with van der Waals surface area (Å²) < 4.78 is 1.02. The normalized spacial score (nSPS) is 17.0. The van der Waals surface area contributed by atoms with E-state index in [4.69, 9.17) is 0 Å². The van der Waals surface area contributed by atoms with Crippen molar-refractivity contribution in [2.45, 2.75) is 25.8 Å². The summed E-state index contributed by atoms with van der Waals surface area (Å²) >= 11 is 3.55. The lowest BCUT2D eigenvalue weighted by Crippen LogP contribution is -2.43. The lowest BCUT2D eigenvalue weighted by Gasteiger charge is -2.35. The minimum atomic E-state index is -0.0916. The molecule has 0 spiro atoms. The molecular formula is C23H20BrNO. The molecule has 3 aromatic rings. The summed E-state index contributed by atoms with van der Waals surface area (Å²) in [4.78, 5) is 13.1. The van der Waals surface area contributed by atoms with Crippen LogP contribution in [0.15, 0.2) is 71.2 Å². The van der Waals surface area contributed by atoms with Gasteiger partial charge in [0.1, 0.15) is 0 Å². The number of carbonyl (C=O) groups is 1. The van der Waals surface area contributed by atoms with Crippen LogP contribution in [0.4, 0.5) is 0 Å². The van der Waals surface area contributed by atoms with E-state index in [-0.39, 0.29) is 11.3 Å². The highest BCUT2D eigenvalue weighted by Crippen LogP contribution is 2.32. The first kappa shape index (κ1) is 17.0. The van der Waals surface area contributed by atoms with Crippen LogP contribution in [0.2, 0.25) is 0 Å². The molecule has 1 aliphatic heterocycles. The molecule has 3 aromatic carbocycles. The maximum atomic E-state index is 13.1. The van der Waals surface area contributed by atoms with Gasteiger partial charge in [-0.3, -0.25) is 4.79 Å². The largest absolute Gasteiger partial charge is 0.379 e. The molecule has 0 aromatic heterocycles. The van der Waals surface area contributed by atoms with Gasteiger partial charge in [-0.1, -0.05) is 64.5 Å². The third kappa shape index (κ3) is 3.19. The van der Waals surface area contributed by atoms with Crippen molar-refractivity contribution in [3.05, 3.63) is 87.9 Å². The second kappa shape index (κ2) is 6.40. The predicted octanol–water partition coefficient (Wildman–Crippen LogP) is 5.75. The minimum Gasteiger partial charge on any atom is -0.379 e. The Kier molecular flexibility index (Phi) is 4.20. The van der Waals surface area contributed by atoms with Crippen molar-refractivity contribution in [3.63, 3.8) is 0 Å². The zero-order chi connectivity index (χ0) is 18.3. The molecule has 1 aliphatic rings. The topological polar surface area (TPSA) is 29.1 Å². The minimum absolute atomic E-state index is 0.0212. The molecule has 26 heavy (non-hydrogen) atoms. The van der Waals surface area contributed by atoms with Crippen LogP contribution in [0.1, 0.15) is 35.3 Å². The van der Waals surface area contributed by atoms with E-state index in [1.165, 1.54) is 5.56 Å². The molecule has 0 bridgehead atoms. The molecule has 4 rings (SSSR count). The summed E-state index contributed by atoms with van der Waals surface area (Å²) in [5.74, 6) is 0.0212. The monoisotopic (exact) mass is 405 g/mol. The number of carbonyl (C=O) groups excluding carboxylic acids is 1. The third-order valence-electron chi connectivity index (χ3n) is 4.80. The molecular weight excluding hydrogens is 386 g/mol. The number of rotatable bonds is 2. The summed E-state index contributed by atoms with van der Waals surface area (Å²) in [5.41, 5.74) is 3.88. The first-order chi connectivity index (χ1) is 12.4. The van der Waals surface area contributed by atoms with Crippen molar-refractivity contribution in [2.75, 3.05) is 0 Å². The average Bonchev–Trinajstić information content (AvgIpc) is 2.61. The van der Waals surface area contributed by atoms with Gasteiger partial charge in [0.05, 0.1) is 0 Å². The Bertz CT molecular complexity index is 1040. The predicted molar refractivity (Wildman–Crippen MR) is 111 cm³/mol. The first-order valence-corrected chi connectivity index (χ1v) is 9.53. The van der Waals surface area contributed by atoms with Crippen LogP contribution in [0.5, 0.6) is 0 Å². The van der Waals surface area contributed by atoms with Crippen LogP contribution in [-0.4, -0.2) is 11.3 Å². The molecule has 0 unspecified atom stereocenters. The molecule has 0 saturated carbocycles. The van der Waals surface area contributed by atoms with Gasteiger partial charge in [-0.2, -0.15) is 0 Å². The molecule has 1 heterocycles. The fourth-order valence-electron chi connectivity index (χ4n) is 3.67. The maximum absolute atomic E-state index is 13.1. The van der Waals surface area contributed by atoms with Gasteiger partial charge in [0.25, 0.3) is 0 Å². The van der Waals surface area contributed by atoms with E-state index in [1.54, 1.807) is 6.08 Å². The molecule has 0 saturated heterocycles. The quantitative estimate of drug-likeness (QED) is 0.434. The van der Waals surface area contributed by atoms with Gasteiger partial charge in [-0.15, -0.1) is 0 Å². The van der Waals surface area contributed by atoms with E-state index < -0.39 is 0 Å². The number of fused-ring (bicyclic) bond motifs is 2. The van der Waals surface area contributed by atoms with Gasteiger partial charge < -0.3 is 5.32 Å². The van der Waals surface area contributed by atoms with E-state index in [0.29, 0.717) is 0 Å². The van der Waals surface area contributed by atoms with Gasteiger partial charge in [-0.25, -0.2) is 0 Å². The smallest absolute Gasteiger partial charge is 0.188 e. The average molecular weight is 406 g/mol. The van der Waals surface area contributed by atoms with E-state index in [0.717, 1.165) is 38.5 Å². The summed E-state index contributed by atoms with van der Waals surface area (Å²) in [7, 11) is 0. The SMILES string of the molecule is CC1(C)Cc2ccc(Br)cc2/C(=C/C(=O)c2cccc3ccccc23)N1. The summed E-state index contributed by atoms with van der Waals surface area (Å²) in [5, 5.41) is 5.61. The molecule has 1 N–H and O–H groups in total. The lowest BCUT2D eigenvalue weighted by molar-refractivity contribution is 0.104. The second-order valence-electron chi connectivity index (χ2n) is 7.44. The Hall–Kier alpha value is -2.39. The first-order valence-electron chi connectivity index (χ1n) is 8.74. The molecule has 0 atom stereocenters. The van der Waals surface area contributed by atoms with E-state index in [9.17, 15) is 4.79 Å². The number of halogens is 1. The van der Waals surface area contributed by atoms with E-state index in [2.05, 4.69) is 53.3 Å². The molecule has 0 aliphatic carbocycles. The van der Waals surface area contributed by atoms with Crippen LogP contribution < -0.4 is 5.32 Å².